The Bertz CT molecular complexity index is 533. The molecule has 0 fully saturated rings. The summed E-state index contributed by atoms with van der Waals surface area (Å²) in [5.41, 5.74) is 2.28. The van der Waals surface area contributed by atoms with Gasteiger partial charge in [-0.2, -0.15) is 0 Å². The first kappa shape index (κ1) is 14.1. The van der Waals surface area contributed by atoms with Gasteiger partial charge in [0.05, 0.1) is 12.6 Å². The van der Waals surface area contributed by atoms with Crippen LogP contribution in [0.1, 0.15) is 38.1 Å². The van der Waals surface area contributed by atoms with Crippen molar-refractivity contribution in [1.29, 1.82) is 0 Å². The molecule has 19 heavy (non-hydrogen) atoms. The van der Waals surface area contributed by atoms with E-state index in [0.717, 1.165) is 17.8 Å². The highest BCUT2D eigenvalue weighted by molar-refractivity contribution is 5.82. The summed E-state index contributed by atoms with van der Waals surface area (Å²) >= 11 is 0. The topological polar surface area (TPSA) is 34.4 Å². The van der Waals surface area contributed by atoms with Gasteiger partial charge in [-0.3, -0.25) is 0 Å². The molecule has 0 spiro atoms. The molecule has 2 unspecified atom stereocenters. The van der Waals surface area contributed by atoms with Crippen LogP contribution in [0.4, 0.5) is 0 Å². The van der Waals surface area contributed by atoms with Crippen molar-refractivity contribution in [1.82, 2.24) is 5.32 Å². The molecular weight excluding hydrogens is 238 g/mol. The molecule has 3 nitrogen and oxygen atoms in total. The van der Waals surface area contributed by atoms with Crippen LogP contribution < -0.4 is 5.32 Å². The summed E-state index contributed by atoms with van der Waals surface area (Å²) in [4.78, 5) is 0. The molecule has 0 amide bonds. The fraction of sp³-hybridized carbons (Fsp3) is 0.500. The summed E-state index contributed by atoms with van der Waals surface area (Å²) in [5.74, 6) is 1.05. The van der Waals surface area contributed by atoms with Crippen LogP contribution in [0.3, 0.4) is 0 Å². The monoisotopic (exact) mass is 261 g/mol. The van der Waals surface area contributed by atoms with Crippen molar-refractivity contribution in [3.63, 3.8) is 0 Å². The molecule has 1 heterocycles. The Kier molecular flexibility index (Phi) is 4.61. The summed E-state index contributed by atoms with van der Waals surface area (Å²) < 4.78 is 11.2. The van der Waals surface area contributed by atoms with Crippen molar-refractivity contribution >= 4 is 11.0 Å². The number of benzene rings is 1. The van der Waals surface area contributed by atoms with Gasteiger partial charge in [-0.05, 0) is 26.3 Å². The highest BCUT2D eigenvalue weighted by Gasteiger charge is 2.19. The molecule has 104 valence electrons. The quantitative estimate of drug-likeness (QED) is 0.861. The second kappa shape index (κ2) is 6.22. The molecule has 0 saturated carbocycles. The maximum atomic E-state index is 6.03. The zero-order valence-electron chi connectivity index (χ0n) is 12.2. The Labute approximate surface area is 114 Å². The van der Waals surface area contributed by atoms with Crippen molar-refractivity contribution in [2.24, 2.45) is 0 Å². The molecule has 1 aromatic carbocycles. The average molecular weight is 261 g/mol. The van der Waals surface area contributed by atoms with Crippen LogP contribution in [-0.2, 0) is 11.2 Å². The molecule has 0 bridgehead atoms. The minimum absolute atomic E-state index is 0.188. The Morgan fingerprint density at radius 2 is 2.00 bits per heavy atom. The van der Waals surface area contributed by atoms with Crippen molar-refractivity contribution < 1.29 is 9.15 Å². The number of para-hydroxylation sites is 1. The molecule has 0 aliphatic heterocycles. The maximum absolute atomic E-state index is 6.03. The number of hydrogen-bond donors (Lipinski definition) is 1. The van der Waals surface area contributed by atoms with E-state index >= 15 is 0 Å². The van der Waals surface area contributed by atoms with E-state index in [4.69, 9.17) is 9.15 Å². The van der Waals surface area contributed by atoms with Crippen molar-refractivity contribution in [2.75, 3.05) is 13.7 Å². The summed E-state index contributed by atoms with van der Waals surface area (Å²) in [7, 11) is 1.72. The van der Waals surface area contributed by atoms with E-state index in [1.807, 2.05) is 12.1 Å². The number of rotatable bonds is 6. The number of furan rings is 1. The second-order valence-corrected chi connectivity index (χ2v) is 5.04. The zero-order chi connectivity index (χ0) is 13.8. The molecule has 0 aliphatic rings. The summed E-state index contributed by atoms with van der Waals surface area (Å²) in [6, 6.07) is 8.73. The summed E-state index contributed by atoms with van der Waals surface area (Å²) in [6.07, 6.45) is 0.983. The van der Waals surface area contributed by atoms with Crippen LogP contribution in [0.15, 0.2) is 28.7 Å². The minimum Gasteiger partial charge on any atom is -0.459 e. The Morgan fingerprint density at radius 3 is 2.68 bits per heavy atom. The van der Waals surface area contributed by atoms with Gasteiger partial charge in [-0.1, -0.05) is 25.1 Å². The zero-order valence-corrected chi connectivity index (χ0v) is 12.2. The van der Waals surface area contributed by atoms with E-state index in [9.17, 15) is 0 Å². The molecular formula is C16H23NO2. The molecule has 0 radical (unpaired) electrons. The number of hydrogen-bond acceptors (Lipinski definition) is 3. The minimum atomic E-state index is 0.188. The smallest absolute Gasteiger partial charge is 0.134 e. The first-order chi connectivity index (χ1) is 9.17. The van der Waals surface area contributed by atoms with Gasteiger partial charge in [0.15, 0.2) is 0 Å². The van der Waals surface area contributed by atoms with Crippen LogP contribution in [0.25, 0.3) is 11.0 Å². The van der Waals surface area contributed by atoms with Gasteiger partial charge in [0.1, 0.15) is 11.3 Å². The van der Waals surface area contributed by atoms with Gasteiger partial charge in [-0.25, -0.2) is 0 Å². The first-order valence-electron chi connectivity index (χ1n) is 6.92. The van der Waals surface area contributed by atoms with Crippen LogP contribution in [0.2, 0.25) is 0 Å². The molecule has 1 aromatic heterocycles. The number of ether oxygens (including phenoxy) is 1. The van der Waals surface area contributed by atoms with Gasteiger partial charge >= 0.3 is 0 Å². The van der Waals surface area contributed by atoms with Crippen LogP contribution in [0.5, 0.6) is 0 Å². The summed E-state index contributed by atoms with van der Waals surface area (Å²) in [5, 5.41) is 4.74. The Balaban J connectivity index is 2.28. The third kappa shape index (κ3) is 2.99. The van der Waals surface area contributed by atoms with E-state index < -0.39 is 0 Å². The molecule has 2 atom stereocenters. The lowest BCUT2D eigenvalue weighted by molar-refractivity contribution is 0.166. The van der Waals surface area contributed by atoms with Crippen molar-refractivity contribution in [3.05, 3.63) is 35.6 Å². The first-order valence-corrected chi connectivity index (χ1v) is 6.92. The molecule has 3 heteroatoms. The Hall–Kier alpha value is -1.32. The summed E-state index contributed by atoms with van der Waals surface area (Å²) in [6.45, 7) is 7.13. The SMILES string of the molecule is CCc1c(C(C)NC(C)COC)oc2ccccc12. The van der Waals surface area contributed by atoms with Crippen molar-refractivity contribution in [2.45, 2.75) is 39.3 Å². The largest absolute Gasteiger partial charge is 0.459 e. The number of nitrogens with one attached hydrogen (secondary N) is 1. The maximum Gasteiger partial charge on any atom is 0.134 e. The highest BCUT2D eigenvalue weighted by Crippen LogP contribution is 2.30. The normalized spacial score (nSPS) is 14.7. The lowest BCUT2D eigenvalue weighted by Gasteiger charge is -2.18. The van der Waals surface area contributed by atoms with Crippen molar-refractivity contribution in [3.8, 4) is 0 Å². The van der Waals surface area contributed by atoms with Gasteiger partial charge in [0, 0.05) is 24.1 Å². The van der Waals surface area contributed by atoms with Crippen LogP contribution >= 0.6 is 0 Å². The highest BCUT2D eigenvalue weighted by atomic mass is 16.5. The molecule has 0 aliphatic carbocycles. The van der Waals surface area contributed by atoms with Crippen LogP contribution in [-0.4, -0.2) is 19.8 Å². The van der Waals surface area contributed by atoms with Gasteiger partial charge in [-0.15, -0.1) is 0 Å². The Morgan fingerprint density at radius 1 is 1.26 bits per heavy atom. The fourth-order valence-corrected chi connectivity index (χ4v) is 2.63. The molecule has 2 aromatic rings. The molecule has 0 saturated heterocycles. The van der Waals surface area contributed by atoms with E-state index in [1.165, 1.54) is 10.9 Å². The lowest BCUT2D eigenvalue weighted by Crippen LogP contribution is -2.32. The molecule has 1 N–H and O–H groups in total. The number of fused-ring (bicyclic) bond motifs is 1. The number of aryl methyl sites for hydroxylation is 1. The number of methoxy groups -OCH3 is 1. The average Bonchev–Trinajstić information content (AvgIpc) is 2.77. The van der Waals surface area contributed by atoms with Gasteiger partial charge in [0.2, 0.25) is 0 Å². The predicted octanol–water partition coefficient (Wildman–Crippen LogP) is 3.68. The van der Waals surface area contributed by atoms with Gasteiger partial charge < -0.3 is 14.5 Å². The third-order valence-corrected chi connectivity index (χ3v) is 3.43. The fourth-order valence-electron chi connectivity index (χ4n) is 2.63. The standard InChI is InChI=1S/C16H23NO2/c1-5-13-14-8-6-7-9-15(14)19-16(13)12(3)17-11(2)10-18-4/h6-9,11-12,17H,5,10H2,1-4H3. The van der Waals surface area contributed by atoms with E-state index in [0.29, 0.717) is 12.6 Å². The third-order valence-electron chi connectivity index (χ3n) is 3.43. The van der Waals surface area contributed by atoms with Crippen LogP contribution in [0, 0.1) is 0 Å². The second-order valence-electron chi connectivity index (χ2n) is 5.04. The van der Waals surface area contributed by atoms with E-state index in [1.54, 1.807) is 7.11 Å². The van der Waals surface area contributed by atoms with E-state index in [2.05, 4.69) is 38.2 Å². The van der Waals surface area contributed by atoms with Gasteiger partial charge in [0.25, 0.3) is 0 Å². The lowest BCUT2D eigenvalue weighted by atomic mass is 10.0. The molecule has 2 rings (SSSR count). The predicted molar refractivity (Wildman–Crippen MR) is 78.5 cm³/mol. The van der Waals surface area contributed by atoms with E-state index in [-0.39, 0.29) is 6.04 Å².